The molecule has 1 aliphatic heterocycles. The molecule has 0 unspecified atom stereocenters. The molecule has 0 aliphatic carbocycles. The summed E-state index contributed by atoms with van der Waals surface area (Å²) in [6.07, 6.45) is 1.47. The topological polar surface area (TPSA) is 15.3 Å². The second-order valence-electron chi connectivity index (χ2n) is 5.64. The summed E-state index contributed by atoms with van der Waals surface area (Å²) in [5, 5.41) is 3.17. The van der Waals surface area contributed by atoms with Crippen LogP contribution in [-0.4, -0.2) is 30.6 Å². The molecule has 7 heteroatoms. The van der Waals surface area contributed by atoms with E-state index in [1.54, 1.807) is 4.90 Å². The first-order valence-corrected chi connectivity index (χ1v) is 6.70. The monoisotopic (exact) mass is 308 g/mol. The molecule has 21 heavy (non-hydrogen) atoms. The largest absolute Gasteiger partial charge is 0.314 e. The Morgan fingerprint density at radius 2 is 1.33 bits per heavy atom. The lowest BCUT2D eigenvalue weighted by molar-refractivity contribution is 0.142. The minimum Gasteiger partial charge on any atom is -0.314 e. The van der Waals surface area contributed by atoms with Crippen molar-refractivity contribution in [1.29, 1.82) is 0 Å². The summed E-state index contributed by atoms with van der Waals surface area (Å²) < 4.78 is 66.5. The van der Waals surface area contributed by atoms with Crippen molar-refractivity contribution >= 4 is 0 Å². The highest BCUT2D eigenvalue weighted by Crippen LogP contribution is 2.27. The zero-order chi connectivity index (χ0) is 15.8. The summed E-state index contributed by atoms with van der Waals surface area (Å²) in [5.41, 5.74) is -0.827. The number of hydrogen-bond acceptors (Lipinski definition) is 2. The average Bonchev–Trinajstić information content (AvgIpc) is 2.49. The van der Waals surface area contributed by atoms with Gasteiger partial charge in [0.15, 0.2) is 23.3 Å². The van der Waals surface area contributed by atoms with Crippen molar-refractivity contribution in [2.75, 3.05) is 20.1 Å². The van der Waals surface area contributed by atoms with Crippen LogP contribution in [0, 0.1) is 29.1 Å². The van der Waals surface area contributed by atoms with Crippen molar-refractivity contribution in [3.8, 4) is 0 Å². The van der Waals surface area contributed by atoms with Crippen molar-refractivity contribution in [3.05, 3.63) is 34.6 Å². The molecule has 2 nitrogen and oxygen atoms in total. The number of likely N-dealkylation sites (tertiary alicyclic amines) is 1. The fraction of sp³-hybridized carbons (Fsp3) is 0.571. The molecule has 0 spiro atoms. The second-order valence-corrected chi connectivity index (χ2v) is 5.64. The standard InChI is InChI=1S/C14H17F5N2/c1-14(20-2)3-5-21(6-4-14)7-8-9(15)11(17)13(19)12(18)10(8)16/h20H,3-7H2,1-2H3. The van der Waals surface area contributed by atoms with Gasteiger partial charge in [0.05, 0.1) is 0 Å². The molecular weight excluding hydrogens is 291 g/mol. The van der Waals surface area contributed by atoms with Crippen molar-refractivity contribution in [1.82, 2.24) is 10.2 Å². The van der Waals surface area contributed by atoms with Gasteiger partial charge in [-0.05, 0) is 26.8 Å². The quantitative estimate of drug-likeness (QED) is 0.525. The van der Waals surface area contributed by atoms with Gasteiger partial charge in [0, 0.05) is 30.7 Å². The molecule has 0 aromatic heterocycles. The van der Waals surface area contributed by atoms with Gasteiger partial charge in [-0.1, -0.05) is 0 Å². The van der Waals surface area contributed by atoms with Gasteiger partial charge in [-0.3, -0.25) is 4.90 Å². The predicted octanol–water partition coefficient (Wildman–Crippen LogP) is 2.96. The minimum absolute atomic E-state index is 0.0626. The number of benzene rings is 1. The lowest BCUT2D eigenvalue weighted by Gasteiger charge is -2.39. The minimum atomic E-state index is -2.12. The van der Waals surface area contributed by atoms with Crippen molar-refractivity contribution in [2.24, 2.45) is 0 Å². The van der Waals surface area contributed by atoms with Crippen LogP contribution in [0.15, 0.2) is 0 Å². The van der Waals surface area contributed by atoms with Crippen LogP contribution in [0.5, 0.6) is 0 Å². The first-order valence-electron chi connectivity index (χ1n) is 6.70. The normalized spacial score (nSPS) is 19.0. The molecule has 0 amide bonds. The Balaban J connectivity index is 2.18. The third kappa shape index (κ3) is 3.03. The Morgan fingerprint density at radius 1 is 0.905 bits per heavy atom. The predicted molar refractivity (Wildman–Crippen MR) is 68.2 cm³/mol. The highest BCUT2D eigenvalue weighted by molar-refractivity contribution is 5.24. The van der Waals surface area contributed by atoms with Crippen LogP contribution in [0.1, 0.15) is 25.3 Å². The van der Waals surface area contributed by atoms with Gasteiger partial charge in [0.1, 0.15) is 0 Å². The zero-order valence-corrected chi connectivity index (χ0v) is 11.9. The molecule has 0 bridgehead atoms. The van der Waals surface area contributed by atoms with Crippen molar-refractivity contribution in [3.63, 3.8) is 0 Å². The van der Waals surface area contributed by atoms with E-state index in [4.69, 9.17) is 0 Å². The van der Waals surface area contributed by atoms with Crippen LogP contribution < -0.4 is 5.32 Å². The Kier molecular flexibility index (Phi) is 4.53. The number of piperidine rings is 1. The zero-order valence-electron chi connectivity index (χ0n) is 11.9. The molecule has 1 aromatic carbocycles. The molecule has 1 heterocycles. The maximum atomic E-state index is 13.6. The van der Waals surface area contributed by atoms with Crippen LogP contribution in [0.4, 0.5) is 22.0 Å². The van der Waals surface area contributed by atoms with Gasteiger partial charge in [0.25, 0.3) is 0 Å². The van der Waals surface area contributed by atoms with Crippen molar-refractivity contribution < 1.29 is 22.0 Å². The van der Waals surface area contributed by atoms with Crippen LogP contribution in [0.25, 0.3) is 0 Å². The summed E-state index contributed by atoms with van der Waals surface area (Å²) >= 11 is 0. The highest BCUT2D eigenvalue weighted by atomic mass is 19.2. The van der Waals surface area contributed by atoms with Crippen molar-refractivity contribution in [2.45, 2.75) is 31.8 Å². The van der Waals surface area contributed by atoms with Gasteiger partial charge in [-0.15, -0.1) is 0 Å². The number of hydrogen-bond donors (Lipinski definition) is 1. The Bertz CT molecular complexity index is 510. The average molecular weight is 308 g/mol. The van der Waals surface area contributed by atoms with Crippen LogP contribution in [0.2, 0.25) is 0 Å². The van der Waals surface area contributed by atoms with E-state index in [0.29, 0.717) is 13.1 Å². The van der Waals surface area contributed by atoms with E-state index in [9.17, 15) is 22.0 Å². The molecule has 1 aromatic rings. The Morgan fingerprint density at radius 3 is 1.76 bits per heavy atom. The fourth-order valence-corrected chi connectivity index (χ4v) is 2.47. The first-order chi connectivity index (χ1) is 9.79. The summed E-state index contributed by atoms with van der Waals surface area (Å²) in [6, 6.07) is 0. The third-order valence-corrected chi connectivity index (χ3v) is 4.25. The van der Waals surface area contributed by atoms with E-state index in [0.717, 1.165) is 12.8 Å². The molecule has 1 aliphatic rings. The molecule has 0 saturated carbocycles. The summed E-state index contributed by atoms with van der Waals surface area (Å²) in [5.74, 6) is -9.38. The third-order valence-electron chi connectivity index (χ3n) is 4.25. The van der Waals surface area contributed by atoms with Crippen LogP contribution in [0.3, 0.4) is 0 Å². The van der Waals surface area contributed by atoms with Gasteiger partial charge in [-0.25, -0.2) is 22.0 Å². The number of nitrogens with one attached hydrogen (secondary N) is 1. The number of rotatable bonds is 3. The number of nitrogens with zero attached hydrogens (tertiary/aromatic N) is 1. The molecule has 0 atom stereocenters. The van der Waals surface area contributed by atoms with Crippen LogP contribution >= 0.6 is 0 Å². The Hall–Kier alpha value is -1.21. The lowest BCUT2D eigenvalue weighted by Crippen LogP contribution is -2.49. The Labute approximate surface area is 119 Å². The molecule has 0 radical (unpaired) electrons. The van der Waals surface area contributed by atoms with Gasteiger partial charge in [-0.2, -0.15) is 0 Å². The maximum Gasteiger partial charge on any atom is 0.200 e. The second kappa shape index (κ2) is 5.88. The molecule has 118 valence electrons. The molecule has 2 rings (SSSR count). The number of halogens is 5. The first kappa shape index (κ1) is 16.2. The van der Waals surface area contributed by atoms with E-state index in [-0.39, 0.29) is 12.1 Å². The van der Waals surface area contributed by atoms with E-state index < -0.39 is 34.6 Å². The summed E-state index contributed by atoms with van der Waals surface area (Å²) in [7, 11) is 1.83. The van der Waals surface area contributed by atoms with Gasteiger partial charge in [0.2, 0.25) is 5.82 Å². The molecule has 1 saturated heterocycles. The maximum absolute atomic E-state index is 13.6. The lowest BCUT2D eigenvalue weighted by atomic mass is 9.89. The summed E-state index contributed by atoms with van der Waals surface area (Å²) in [6.45, 7) is 2.79. The summed E-state index contributed by atoms with van der Waals surface area (Å²) in [4.78, 5) is 1.69. The van der Waals surface area contributed by atoms with E-state index in [1.807, 2.05) is 14.0 Å². The van der Waals surface area contributed by atoms with Crippen LogP contribution in [-0.2, 0) is 6.54 Å². The molecule has 1 fully saturated rings. The smallest absolute Gasteiger partial charge is 0.200 e. The molecular formula is C14H17F5N2. The van der Waals surface area contributed by atoms with E-state index in [2.05, 4.69) is 5.32 Å². The van der Waals surface area contributed by atoms with E-state index in [1.165, 1.54) is 0 Å². The highest BCUT2D eigenvalue weighted by Gasteiger charge is 2.31. The van der Waals surface area contributed by atoms with E-state index >= 15 is 0 Å². The molecule has 1 N–H and O–H groups in total. The van der Waals surface area contributed by atoms with Gasteiger partial charge >= 0.3 is 0 Å². The van der Waals surface area contributed by atoms with Gasteiger partial charge < -0.3 is 5.32 Å². The SMILES string of the molecule is CNC1(C)CCN(Cc2c(F)c(F)c(F)c(F)c2F)CC1. The fourth-order valence-electron chi connectivity index (χ4n) is 2.47.